The van der Waals surface area contributed by atoms with E-state index < -0.39 is 0 Å². The number of hydrogen-bond acceptors (Lipinski definition) is 4. The number of anilines is 2. The molecule has 1 N–H and O–H groups in total. The van der Waals surface area contributed by atoms with Crippen LogP contribution in [0.1, 0.15) is 5.56 Å². The maximum atomic E-state index is 13.2. The van der Waals surface area contributed by atoms with E-state index in [4.69, 9.17) is 4.74 Å². The van der Waals surface area contributed by atoms with Crippen LogP contribution in [-0.2, 0) is 11.3 Å². The fourth-order valence-corrected chi connectivity index (χ4v) is 1.94. The van der Waals surface area contributed by atoms with E-state index in [1.807, 2.05) is 36.3 Å². The summed E-state index contributed by atoms with van der Waals surface area (Å²) in [4.78, 5) is 6.27. The molecule has 0 aliphatic carbocycles. The van der Waals surface area contributed by atoms with Gasteiger partial charge in [-0.15, -0.1) is 0 Å². The van der Waals surface area contributed by atoms with Crippen molar-refractivity contribution in [1.82, 2.24) is 10.3 Å². The van der Waals surface area contributed by atoms with Crippen LogP contribution in [0.4, 0.5) is 15.9 Å². The first-order valence-corrected chi connectivity index (χ1v) is 6.84. The van der Waals surface area contributed by atoms with Crippen LogP contribution in [0.3, 0.4) is 0 Å². The Morgan fingerprint density at radius 2 is 2.14 bits per heavy atom. The van der Waals surface area contributed by atoms with E-state index in [9.17, 15) is 4.39 Å². The van der Waals surface area contributed by atoms with E-state index >= 15 is 0 Å². The molecule has 0 bridgehead atoms. The number of halogens is 1. The number of benzene rings is 1. The van der Waals surface area contributed by atoms with E-state index in [0.29, 0.717) is 6.61 Å². The van der Waals surface area contributed by atoms with Crippen molar-refractivity contribution in [3.63, 3.8) is 0 Å². The molecule has 0 atom stereocenters. The molecule has 1 aromatic carbocycles. The molecule has 0 amide bonds. The average molecular weight is 289 g/mol. The number of methoxy groups -OCH3 is 1. The third-order valence-electron chi connectivity index (χ3n) is 3.16. The third-order valence-corrected chi connectivity index (χ3v) is 3.16. The Balaban J connectivity index is 1.98. The van der Waals surface area contributed by atoms with Gasteiger partial charge in [0.15, 0.2) is 0 Å². The monoisotopic (exact) mass is 289 g/mol. The van der Waals surface area contributed by atoms with Gasteiger partial charge in [-0.05, 0) is 29.8 Å². The number of pyridine rings is 1. The van der Waals surface area contributed by atoms with Crippen molar-refractivity contribution in [3.05, 3.63) is 54.0 Å². The van der Waals surface area contributed by atoms with Gasteiger partial charge in [0.1, 0.15) is 11.6 Å². The van der Waals surface area contributed by atoms with Crippen LogP contribution < -0.4 is 10.2 Å². The summed E-state index contributed by atoms with van der Waals surface area (Å²) in [6.45, 7) is 2.25. The number of nitrogens with one attached hydrogen (secondary N) is 1. The quantitative estimate of drug-likeness (QED) is 0.795. The molecular weight excluding hydrogens is 269 g/mol. The molecule has 2 aromatic rings. The predicted molar refractivity (Wildman–Crippen MR) is 82.3 cm³/mol. The zero-order valence-electron chi connectivity index (χ0n) is 12.3. The smallest absolute Gasteiger partial charge is 0.132 e. The minimum atomic E-state index is -0.252. The van der Waals surface area contributed by atoms with Gasteiger partial charge in [-0.3, -0.25) is 0 Å². The minimum Gasteiger partial charge on any atom is -0.383 e. The number of rotatable bonds is 7. The summed E-state index contributed by atoms with van der Waals surface area (Å²) in [5.74, 6) is 0.527. The number of ether oxygens (including phenoxy) is 1. The Kier molecular flexibility index (Phi) is 5.66. The predicted octanol–water partition coefficient (Wildman–Crippen LogP) is 2.72. The molecule has 0 unspecified atom stereocenters. The lowest BCUT2D eigenvalue weighted by Crippen LogP contribution is -2.18. The summed E-state index contributed by atoms with van der Waals surface area (Å²) in [6.07, 6.45) is 1.82. The summed E-state index contributed by atoms with van der Waals surface area (Å²) in [7, 11) is 3.55. The SMILES string of the molecule is COCCNCc1ccc(N(C)c2cccc(F)c2)nc1. The molecule has 21 heavy (non-hydrogen) atoms. The summed E-state index contributed by atoms with van der Waals surface area (Å²) < 4.78 is 18.2. The van der Waals surface area contributed by atoms with Crippen LogP contribution in [0.5, 0.6) is 0 Å². The number of hydrogen-bond donors (Lipinski definition) is 1. The Labute approximate surface area is 124 Å². The highest BCUT2D eigenvalue weighted by atomic mass is 19.1. The van der Waals surface area contributed by atoms with Crippen LogP contribution in [-0.4, -0.2) is 32.3 Å². The second kappa shape index (κ2) is 7.71. The van der Waals surface area contributed by atoms with Gasteiger partial charge in [-0.25, -0.2) is 9.37 Å². The van der Waals surface area contributed by atoms with Gasteiger partial charge < -0.3 is 15.0 Å². The fraction of sp³-hybridized carbons (Fsp3) is 0.312. The molecule has 0 saturated heterocycles. The van der Waals surface area contributed by atoms with Crippen LogP contribution in [0.15, 0.2) is 42.6 Å². The van der Waals surface area contributed by atoms with E-state index in [0.717, 1.165) is 30.2 Å². The first-order valence-electron chi connectivity index (χ1n) is 6.84. The van der Waals surface area contributed by atoms with E-state index in [2.05, 4.69) is 10.3 Å². The highest BCUT2D eigenvalue weighted by Gasteiger charge is 2.06. The second-order valence-corrected chi connectivity index (χ2v) is 4.73. The van der Waals surface area contributed by atoms with E-state index in [-0.39, 0.29) is 5.82 Å². The fourth-order valence-electron chi connectivity index (χ4n) is 1.94. The van der Waals surface area contributed by atoms with Gasteiger partial charge in [0.2, 0.25) is 0 Å². The minimum absolute atomic E-state index is 0.252. The topological polar surface area (TPSA) is 37.4 Å². The maximum absolute atomic E-state index is 13.2. The molecular formula is C16H20FN3O. The summed E-state index contributed by atoms with van der Waals surface area (Å²) in [5.41, 5.74) is 1.87. The Morgan fingerprint density at radius 3 is 2.81 bits per heavy atom. The second-order valence-electron chi connectivity index (χ2n) is 4.73. The van der Waals surface area contributed by atoms with Crippen molar-refractivity contribution in [3.8, 4) is 0 Å². The Morgan fingerprint density at radius 1 is 1.29 bits per heavy atom. The van der Waals surface area contributed by atoms with Gasteiger partial charge in [-0.2, -0.15) is 0 Å². The largest absolute Gasteiger partial charge is 0.383 e. The normalized spacial score (nSPS) is 10.6. The molecule has 1 heterocycles. The molecule has 4 nitrogen and oxygen atoms in total. The maximum Gasteiger partial charge on any atom is 0.132 e. The van der Waals surface area contributed by atoms with Crippen LogP contribution in [0.2, 0.25) is 0 Å². The average Bonchev–Trinajstić information content (AvgIpc) is 2.51. The van der Waals surface area contributed by atoms with E-state index in [1.54, 1.807) is 13.2 Å². The van der Waals surface area contributed by atoms with E-state index in [1.165, 1.54) is 12.1 Å². The lowest BCUT2D eigenvalue weighted by Gasteiger charge is -2.18. The van der Waals surface area contributed by atoms with Crippen molar-refractivity contribution in [1.29, 1.82) is 0 Å². The zero-order valence-corrected chi connectivity index (χ0v) is 12.3. The van der Waals surface area contributed by atoms with Crippen LogP contribution >= 0.6 is 0 Å². The van der Waals surface area contributed by atoms with Crippen molar-refractivity contribution in [2.45, 2.75) is 6.54 Å². The Hall–Kier alpha value is -1.98. The molecule has 5 heteroatoms. The first-order chi connectivity index (χ1) is 10.2. The first kappa shape index (κ1) is 15.4. The molecule has 0 aliphatic heterocycles. The molecule has 0 spiro atoms. The van der Waals surface area contributed by atoms with Crippen LogP contribution in [0.25, 0.3) is 0 Å². The lowest BCUT2D eigenvalue weighted by atomic mass is 10.2. The highest BCUT2D eigenvalue weighted by molar-refractivity contribution is 5.58. The standard InChI is InChI=1S/C16H20FN3O/c1-20(15-5-3-4-14(17)10-15)16-7-6-13(12-19-16)11-18-8-9-21-2/h3-7,10,12,18H,8-9,11H2,1-2H3. The van der Waals surface area contributed by atoms with Crippen molar-refractivity contribution in [2.75, 3.05) is 32.2 Å². The van der Waals surface area contributed by atoms with Gasteiger partial charge in [-0.1, -0.05) is 12.1 Å². The van der Waals surface area contributed by atoms with Crippen molar-refractivity contribution < 1.29 is 9.13 Å². The number of aromatic nitrogens is 1. The van der Waals surface area contributed by atoms with Gasteiger partial charge in [0.25, 0.3) is 0 Å². The molecule has 0 fully saturated rings. The molecule has 1 aromatic heterocycles. The molecule has 2 rings (SSSR count). The lowest BCUT2D eigenvalue weighted by molar-refractivity contribution is 0.199. The molecule has 0 aliphatic rings. The Bertz CT molecular complexity index is 560. The summed E-state index contributed by atoms with van der Waals surface area (Å²) in [6, 6.07) is 10.4. The third kappa shape index (κ3) is 4.51. The molecule has 0 saturated carbocycles. The highest BCUT2D eigenvalue weighted by Crippen LogP contribution is 2.22. The zero-order chi connectivity index (χ0) is 15.1. The van der Waals surface area contributed by atoms with Gasteiger partial charge in [0, 0.05) is 39.1 Å². The molecule has 112 valence electrons. The van der Waals surface area contributed by atoms with Crippen molar-refractivity contribution >= 4 is 11.5 Å². The summed E-state index contributed by atoms with van der Waals surface area (Å²) in [5, 5.41) is 3.26. The van der Waals surface area contributed by atoms with Crippen molar-refractivity contribution in [2.24, 2.45) is 0 Å². The summed E-state index contributed by atoms with van der Waals surface area (Å²) >= 11 is 0. The van der Waals surface area contributed by atoms with Crippen LogP contribution in [0, 0.1) is 5.82 Å². The van der Waals surface area contributed by atoms with Gasteiger partial charge >= 0.3 is 0 Å². The van der Waals surface area contributed by atoms with Gasteiger partial charge in [0.05, 0.1) is 6.61 Å². The molecule has 0 radical (unpaired) electrons. The number of nitrogens with zero attached hydrogens (tertiary/aromatic N) is 2.